The molecule has 0 saturated carbocycles. The quantitative estimate of drug-likeness (QED) is 0.720. The molecule has 1 aromatic heterocycles. The topological polar surface area (TPSA) is 56.1 Å². The Balaban J connectivity index is 1.59. The number of ether oxygens (including phenoxy) is 1. The highest BCUT2D eigenvalue weighted by Crippen LogP contribution is 2.15. The third kappa shape index (κ3) is 4.30. The van der Waals surface area contributed by atoms with Gasteiger partial charge in [-0.1, -0.05) is 36.8 Å². The molecule has 26 heavy (non-hydrogen) atoms. The summed E-state index contributed by atoms with van der Waals surface area (Å²) in [4.78, 5) is 12.4. The smallest absolute Gasteiger partial charge is 0.256 e. The maximum Gasteiger partial charge on any atom is 0.256 e. The van der Waals surface area contributed by atoms with Crippen molar-refractivity contribution in [2.45, 2.75) is 33.9 Å². The lowest BCUT2D eigenvalue weighted by Crippen LogP contribution is -2.13. The van der Waals surface area contributed by atoms with Gasteiger partial charge in [-0.05, 0) is 49.6 Å². The third-order valence-corrected chi connectivity index (χ3v) is 4.21. The van der Waals surface area contributed by atoms with Gasteiger partial charge in [-0.2, -0.15) is 5.10 Å². The molecular weight excluding hydrogens is 326 g/mol. The van der Waals surface area contributed by atoms with Gasteiger partial charge < -0.3 is 10.1 Å². The normalized spacial score (nSPS) is 10.6. The zero-order valence-corrected chi connectivity index (χ0v) is 15.3. The molecule has 0 saturated heterocycles. The Kier molecular flexibility index (Phi) is 5.37. The molecule has 0 aliphatic carbocycles. The fourth-order valence-corrected chi connectivity index (χ4v) is 2.73. The van der Waals surface area contributed by atoms with E-state index in [0.717, 1.165) is 23.3 Å². The van der Waals surface area contributed by atoms with Crippen LogP contribution in [0.4, 0.5) is 5.69 Å². The van der Waals surface area contributed by atoms with E-state index < -0.39 is 0 Å². The molecule has 0 spiro atoms. The first-order valence-electron chi connectivity index (χ1n) is 8.68. The number of amides is 1. The Bertz CT molecular complexity index is 898. The van der Waals surface area contributed by atoms with Crippen molar-refractivity contribution in [2.24, 2.45) is 0 Å². The Hall–Kier alpha value is -3.08. The largest absolute Gasteiger partial charge is 0.471 e. The van der Waals surface area contributed by atoms with Crippen LogP contribution in [0, 0.1) is 13.8 Å². The number of carbonyl (C=O) groups excluding carboxylic acids is 1. The number of hydrogen-bond acceptors (Lipinski definition) is 3. The van der Waals surface area contributed by atoms with Crippen LogP contribution >= 0.6 is 0 Å². The zero-order chi connectivity index (χ0) is 18.5. The second kappa shape index (κ2) is 7.87. The van der Waals surface area contributed by atoms with E-state index in [-0.39, 0.29) is 12.6 Å². The minimum absolute atomic E-state index is 0.141. The molecule has 5 nitrogen and oxygen atoms in total. The molecule has 134 valence electrons. The van der Waals surface area contributed by atoms with E-state index >= 15 is 0 Å². The minimum atomic E-state index is -0.141. The maximum atomic E-state index is 12.4. The molecular formula is C21H23N3O2. The summed E-state index contributed by atoms with van der Waals surface area (Å²) in [6.07, 6.45) is 4.37. The van der Waals surface area contributed by atoms with Crippen molar-refractivity contribution in [3.8, 4) is 5.75 Å². The van der Waals surface area contributed by atoms with Gasteiger partial charge in [0.15, 0.2) is 6.73 Å². The minimum Gasteiger partial charge on any atom is -0.471 e. The van der Waals surface area contributed by atoms with Crippen LogP contribution in [-0.2, 0) is 13.2 Å². The Labute approximate surface area is 153 Å². The molecule has 0 atom stereocenters. The summed E-state index contributed by atoms with van der Waals surface area (Å²) in [6.45, 7) is 6.34. The monoisotopic (exact) mass is 349 g/mol. The molecule has 5 heteroatoms. The fraction of sp³-hybridized carbons (Fsp3) is 0.238. The van der Waals surface area contributed by atoms with Gasteiger partial charge in [0, 0.05) is 5.56 Å². The van der Waals surface area contributed by atoms with Gasteiger partial charge in [-0.3, -0.25) is 4.79 Å². The van der Waals surface area contributed by atoms with E-state index in [1.807, 2.05) is 56.3 Å². The van der Waals surface area contributed by atoms with E-state index in [1.54, 1.807) is 17.1 Å². The van der Waals surface area contributed by atoms with Crippen LogP contribution < -0.4 is 10.1 Å². The van der Waals surface area contributed by atoms with Crippen LogP contribution in [0.25, 0.3) is 0 Å². The Morgan fingerprint density at radius 1 is 1.15 bits per heavy atom. The van der Waals surface area contributed by atoms with Gasteiger partial charge in [0.25, 0.3) is 5.91 Å². The molecule has 0 unspecified atom stereocenters. The van der Waals surface area contributed by atoms with Crippen molar-refractivity contribution in [3.05, 3.63) is 77.1 Å². The van der Waals surface area contributed by atoms with Gasteiger partial charge in [0.1, 0.15) is 5.75 Å². The van der Waals surface area contributed by atoms with Gasteiger partial charge in [0.05, 0.1) is 18.1 Å². The van der Waals surface area contributed by atoms with E-state index in [4.69, 9.17) is 4.74 Å². The lowest BCUT2D eigenvalue weighted by molar-refractivity contribution is 0.102. The molecule has 0 bridgehead atoms. The number of aryl methyl sites for hydroxylation is 3. The first-order chi connectivity index (χ1) is 12.5. The summed E-state index contributed by atoms with van der Waals surface area (Å²) >= 11 is 0. The average Bonchev–Trinajstić information content (AvgIpc) is 3.07. The van der Waals surface area contributed by atoms with Gasteiger partial charge >= 0.3 is 0 Å². The second-order valence-electron chi connectivity index (χ2n) is 6.31. The van der Waals surface area contributed by atoms with E-state index in [1.165, 1.54) is 5.56 Å². The second-order valence-corrected chi connectivity index (χ2v) is 6.31. The molecule has 1 amide bonds. The summed E-state index contributed by atoms with van der Waals surface area (Å²) in [5.74, 6) is 0.650. The summed E-state index contributed by atoms with van der Waals surface area (Å²) in [5.41, 5.74) is 4.66. The number of nitrogens with zero attached hydrogens (tertiary/aromatic N) is 2. The van der Waals surface area contributed by atoms with E-state index in [2.05, 4.69) is 17.3 Å². The van der Waals surface area contributed by atoms with Gasteiger partial charge in [-0.15, -0.1) is 0 Å². The number of rotatable bonds is 6. The lowest BCUT2D eigenvalue weighted by atomic mass is 10.1. The Morgan fingerprint density at radius 2 is 1.92 bits per heavy atom. The van der Waals surface area contributed by atoms with Crippen molar-refractivity contribution in [2.75, 3.05) is 5.32 Å². The molecule has 1 heterocycles. The molecule has 0 aliphatic rings. The van der Waals surface area contributed by atoms with Crippen molar-refractivity contribution in [1.29, 1.82) is 0 Å². The number of aromatic nitrogens is 2. The molecule has 3 aromatic rings. The number of carbonyl (C=O) groups is 1. The highest BCUT2D eigenvalue weighted by Gasteiger charge is 2.10. The maximum absolute atomic E-state index is 12.4. The van der Waals surface area contributed by atoms with Crippen molar-refractivity contribution >= 4 is 11.6 Å². The SMILES string of the molecule is CCc1ccc(OCn2cc(NC(=O)c3ccc(C)cc3C)cn2)cc1. The number of benzene rings is 2. The molecule has 0 aliphatic heterocycles. The fourth-order valence-electron chi connectivity index (χ4n) is 2.73. The van der Waals surface area contributed by atoms with Crippen molar-refractivity contribution in [3.63, 3.8) is 0 Å². The van der Waals surface area contributed by atoms with Crippen molar-refractivity contribution in [1.82, 2.24) is 9.78 Å². The highest BCUT2D eigenvalue weighted by atomic mass is 16.5. The van der Waals surface area contributed by atoms with Gasteiger partial charge in [-0.25, -0.2) is 4.68 Å². The summed E-state index contributed by atoms with van der Waals surface area (Å²) in [7, 11) is 0. The molecule has 0 radical (unpaired) electrons. The lowest BCUT2D eigenvalue weighted by Gasteiger charge is -2.07. The van der Waals surface area contributed by atoms with Crippen LogP contribution in [0.2, 0.25) is 0 Å². The van der Waals surface area contributed by atoms with Crippen molar-refractivity contribution < 1.29 is 9.53 Å². The summed E-state index contributed by atoms with van der Waals surface area (Å²) in [6, 6.07) is 13.8. The summed E-state index contributed by atoms with van der Waals surface area (Å²) < 4.78 is 7.36. The zero-order valence-electron chi connectivity index (χ0n) is 15.3. The summed E-state index contributed by atoms with van der Waals surface area (Å²) in [5, 5.41) is 7.10. The first-order valence-corrected chi connectivity index (χ1v) is 8.68. The number of anilines is 1. The van der Waals surface area contributed by atoms with Crippen LogP contribution in [0.3, 0.4) is 0 Å². The molecule has 0 fully saturated rings. The predicted molar refractivity (Wildman–Crippen MR) is 103 cm³/mol. The van der Waals surface area contributed by atoms with Crippen LogP contribution in [0.5, 0.6) is 5.75 Å². The standard InChI is InChI=1S/C21H23N3O2/c1-4-17-6-8-19(9-7-17)26-14-24-13-18(12-22-24)23-21(25)20-10-5-15(2)11-16(20)3/h5-13H,4,14H2,1-3H3,(H,23,25). The number of hydrogen-bond donors (Lipinski definition) is 1. The number of nitrogens with one attached hydrogen (secondary N) is 1. The van der Waals surface area contributed by atoms with Gasteiger partial charge in [0.2, 0.25) is 0 Å². The van der Waals surface area contributed by atoms with Crippen LogP contribution in [0.1, 0.15) is 34.0 Å². The molecule has 1 N–H and O–H groups in total. The highest BCUT2D eigenvalue weighted by molar-refractivity contribution is 6.05. The van der Waals surface area contributed by atoms with E-state index in [9.17, 15) is 4.79 Å². The first kappa shape index (κ1) is 17.7. The van der Waals surface area contributed by atoms with Crippen LogP contribution in [-0.4, -0.2) is 15.7 Å². The third-order valence-electron chi connectivity index (χ3n) is 4.21. The van der Waals surface area contributed by atoms with Crippen LogP contribution in [0.15, 0.2) is 54.9 Å². The molecule has 3 rings (SSSR count). The van der Waals surface area contributed by atoms with E-state index in [0.29, 0.717) is 11.3 Å². The molecule has 2 aromatic carbocycles. The Morgan fingerprint density at radius 3 is 2.62 bits per heavy atom. The average molecular weight is 349 g/mol. The predicted octanol–water partition coefficient (Wildman–Crippen LogP) is 4.35.